The zero-order valence-corrected chi connectivity index (χ0v) is 37.4. The van der Waals surface area contributed by atoms with Gasteiger partial charge in [-0.05, 0) is 148 Å². The number of fused-ring (bicyclic) bond motifs is 16. The summed E-state index contributed by atoms with van der Waals surface area (Å²) in [6.45, 7) is 0. The summed E-state index contributed by atoms with van der Waals surface area (Å²) in [4.78, 5) is 0. The molecule has 1 aliphatic rings. The molecular formula is C67H40O2. The molecule has 2 heterocycles. The highest BCUT2D eigenvalue weighted by atomic mass is 16.4. The van der Waals surface area contributed by atoms with Gasteiger partial charge in [-0.3, -0.25) is 0 Å². The van der Waals surface area contributed by atoms with Gasteiger partial charge in [-0.2, -0.15) is 0 Å². The highest BCUT2D eigenvalue weighted by Crippen LogP contribution is 2.57. The first-order valence-electron chi connectivity index (χ1n) is 23.8. The Morgan fingerprint density at radius 1 is 0.232 bits per heavy atom. The van der Waals surface area contributed by atoms with Crippen LogP contribution in [-0.4, -0.2) is 0 Å². The van der Waals surface area contributed by atoms with Crippen LogP contribution in [0.2, 0.25) is 0 Å². The molecule has 2 aromatic heterocycles. The van der Waals surface area contributed by atoms with Crippen LogP contribution in [-0.2, 0) is 5.41 Å². The van der Waals surface area contributed by atoms with Gasteiger partial charge < -0.3 is 8.83 Å². The minimum Gasteiger partial charge on any atom is -0.452 e. The molecule has 0 bridgehead atoms. The van der Waals surface area contributed by atoms with E-state index in [0.717, 1.165) is 60.6 Å². The second kappa shape index (κ2) is 14.5. The van der Waals surface area contributed by atoms with Gasteiger partial charge in [0.15, 0.2) is 11.2 Å². The molecule has 1 aliphatic carbocycles. The van der Waals surface area contributed by atoms with Crippen molar-refractivity contribution < 1.29 is 8.83 Å². The van der Waals surface area contributed by atoms with E-state index in [-0.39, 0.29) is 0 Å². The summed E-state index contributed by atoms with van der Waals surface area (Å²) < 4.78 is 13.5. The van der Waals surface area contributed by atoms with Crippen LogP contribution in [0.3, 0.4) is 0 Å². The van der Waals surface area contributed by atoms with Gasteiger partial charge in [0.05, 0.1) is 5.41 Å². The third-order valence-corrected chi connectivity index (χ3v) is 15.2. The molecule has 0 spiro atoms. The lowest BCUT2D eigenvalue weighted by Crippen LogP contribution is -2.28. The van der Waals surface area contributed by atoms with E-state index in [1.165, 1.54) is 82.4 Å². The molecule has 2 nitrogen and oxygen atoms in total. The second-order valence-electron chi connectivity index (χ2n) is 18.6. The third kappa shape index (κ3) is 5.43. The van der Waals surface area contributed by atoms with Gasteiger partial charge in [0, 0.05) is 21.5 Å². The van der Waals surface area contributed by atoms with E-state index in [1.807, 2.05) is 0 Å². The highest BCUT2D eigenvalue weighted by Gasteiger charge is 2.46. The lowest BCUT2D eigenvalue weighted by Gasteiger charge is -2.34. The Bertz CT molecular complexity index is 4340. The van der Waals surface area contributed by atoms with Crippen molar-refractivity contribution >= 4 is 76.2 Å². The number of rotatable bonds is 5. The van der Waals surface area contributed by atoms with E-state index in [4.69, 9.17) is 8.83 Å². The number of hydrogen-bond acceptors (Lipinski definition) is 2. The molecule has 0 aliphatic heterocycles. The van der Waals surface area contributed by atoms with E-state index in [9.17, 15) is 0 Å². The van der Waals surface area contributed by atoms with Crippen molar-refractivity contribution in [3.63, 3.8) is 0 Å². The number of hydrogen-bond donors (Lipinski definition) is 0. The predicted molar refractivity (Wildman–Crippen MR) is 287 cm³/mol. The zero-order chi connectivity index (χ0) is 45.2. The van der Waals surface area contributed by atoms with E-state index >= 15 is 0 Å². The molecule has 0 amide bonds. The number of benzene rings is 12. The van der Waals surface area contributed by atoms with Gasteiger partial charge in [0.1, 0.15) is 11.2 Å². The fraction of sp³-hybridized carbons (Fsp3) is 0.0149. The van der Waals surface area contributed by atoms with E-state index < -0.39 is 5.41 Å². The highest BCUT2D eigenvalue weighted by molar-refractivity contribution is 6.26. The lowest BCUT2D eigenvalue weighted by molar-refractivity contribution is 0.633. The first kappa shape index (κ1) is 38.2. The van der Waals surface area contributed by atoms with Gasteiger partial charge in [-0.1, -0.05) is 194 Å². The van der Waals surface area contributed by atoms with Crippen LogP contribution >= 0.6 is 0 Å². The first-order valence-corrected chi connectivity index (χ1v) is 23.8. The topological polar surface area (TPSA) is 26.3 Å². The molecule has 0 radical (unpaired) electrons. The minimum atomic E-state index is -0.465. The molecule has 0 saturated carbocycles. The number of furan rings is 2. The van der Waals surface area contributed by atoms with Crippen LogP contribution in [0.4, 0.5) is 0 Å². The molecule has 69 heavy (non-hydrogen) atoms. The monoisotopic (exact) mass is 876 g/mol. The maximum absolute atomic E-state index is 6.74. The van der Waals surface area contributed by atoms with Crippen molar-refractivity contribution in [1.29, 1.82) is 0 Å². The maximum atomic E-state index is 6.74. The summed E-state index contributed by atoms with van der Waals surface area (Å²) in [5.74, 6) is 0. The Labute approximate surface area is 397 Å². The molecule has 14 aromatic rings. The van der Waals surface area contributed by atoms with Gasteiger partial charge in [0.2, 0.25) is 0 Å². The third-order valence-electron chi connectivity index (χ3n) is 15.2. The Morgan fingerprint density at radius 2 is 0.623 bits per heavy atom. The van der Waals surface area contributed by atoms with Gasteiger partial charge in [0.25, 0.3) is 0 Å². The lowest BCUT2D eigenvalue weighted by atomic mass is 9.67. The summed E-state index contributed by atoms with van der Waals surface area (Å²) in [6.07, 6.45) is 0. The van der Waals surface area contributed by atoms with Gasteiger partial charge in [-0.15, -0.1) is 0 Å². The van der Waals surface area contributed by atoms with E-state index in [2.05, 4.69) is 243 Å². The molecule has 12 aromatic carbocycles. The maximum Gasteiger partial charge on any atom is 0.178 e. The second-order valence-corrected chi connectivity index (χ2v) is 18.6. The molecule has 0 unspecified atom stereocenters. The fourth-order valence-corrected chi connectivity index (χ4v) is 12.1. The standard InChI is InChI=1S/C67H40O2/c1-3-15-45(16-4-1)67(46-17-5-2-6-18-46)61-26-14-13-25-54(61)55-32-27-42(40-62(55)67)41-29-35-63-59(37-41)56-33-34-57-60-39-44(30-36-64(60)69-66(57)65(56)68-63)48-20-8-7-19-47(48)43-28-31-53-51-23-10-9-21-49(51)50-22-11-12-24-52(50)58(53)38-43/h1-40H. The van der Waals surface area contributed by atoms with Crippen LogP contribution in [0, 0.1) is 0 Å². The summed E-state index contributed by atoms with van der Waals surface area (Å²) in [6, 6.07) is 88.8. The molecule has 0 fully saturated rings. The average molecular weight is 877 g/mol. The smallest absolute Gasteiger partial charge is 0.178 e. The molecule has 320 valence electrons. The molecule has 2 heteroatoms. The SMILES string of the molecule is c1ccc(C2(c3ccccc3)c3ccccc3-c3ccc(-c4ccc5oc6c(ccc7c8cc(-c9ccccc9-c9ccc%10c%11ccccc%11c%11ccccc%11c%10c9)ccc8oc76)c5c4)cc32)cc1. The van der Waals surface area contributed by atoms with Crippen molar-refractivity contribution in [3.8, 4) is 44.5 Å². The van der Waals surface area contributed by atoms with Crippen LogP contribution < -0.4 is 0 Å². The first-order chi connectivity index (χ1) is 34.2. The Balaban J connectivity index is 0.843. The van der Waals surface area contributed by atoms with Gasteiger partial charge in [-0.25, -0.2) is 0 Å². The van der Waals surface area contributed by atoms with Crippen LogP contribution in [0.15, 0.2) is 251 Å². The van der Waals surface area contributed by atoms with Crippen molar-refractivity contribution in [2.24, 2.45) is 0 Å². The normalized spacial score (nSPS) is 13.0. The van der Waals surface area contributed by atoms with Crippen molar-refractivity contribution in [2.75, 3.05) is 0 Å². The van der Waals surface area contributed by atoms with E-state index in [1.54, 1.807) is 0 Å². The zero-order valence-electron chi connectivity index (χ0n) is 37.4. The van der Waals surface area contributed by atoms with Gasteiger partial charge >= 0.3 is 0 Å². The quantitative estimate of drug-likeness (QED) is 0.161. The van der Waals surface area contributed by atoms with Crippen LogP contribution in [0.1, 0.15) is 22.3 Å². The predicted octanol–water partition coefficient (Wildman–Crippen LogP) is 18.3. The van der Waals surface area contributed by atoms with Crippen molar-refractivity contribution in [3.05, 3.63) is 265 Å². The average Bonchev–Trinajstić information content (AvgIpc) is 4.09. The minimum absolute atomic E-state index is 0.465. The summed E-state index contributed by atoms with van der Waals surface area (Å²) >= 11 is 0. The Morgan fingerprint density at radius 3 is 1.22 bits per heavy atom. The Hall–Kier alpha value is -8.98. The van der Waals surface area contributed by atoms with Crippen LogP contribution in [0.5, 0.6) is 0 Å². The van der Waals surface area contributed by atoms with Crippen LogP contribution in [0.25, 0.3) is 121 Å². The van der Waals surface area contributed by atoms with Crippen molar-refractivity contribution in [1.82, 2.24) is 0 Å². The largest absolute Gasteiger partial charge is 0.452 e. The van der Waals surface area contributed by atoms with Crippen molar-refractivity contribution in [2.45, 2.75) is 5.41 Å². The van der Waals surface area contributed by atoms with E-state index in [0.29, 0.717) is 0 Å². The molecule has 0 N–H and O–H groups in total. The summed E-state index contributed by atoms with van der Waals surface area (Å²) in [5.41, 5.74) is 17.4. The summed E-state index contributed by atoms with van der Waals surface area (Å²) in [7, 11) is 0. The molecular weight excluding hydrogens is 837 g/mol. The molecule has 0 saturated heterocycles. The molecule has 15 rings (SSSR count). The fourth-order valence-electron chi connectivity index (χ4n) is 12.1. The molecule has 0 atom stereocenters. The summed E-state index contributed by atoms with van der Waals surface area (Å²) in [5, 5.41) is 11.9. The Kier molecular flexibility index (Phi) is 8.02.